The molecule has 7 heteroatoms. The van der Waals surface area contributed by atoms with Crippen molar-refractivity contribution in [3.63, 3.8) is 0 Å². The number of methoxy groups -OCH3 is 2. The van der Waals surface area contributed by atoms with E-state index in [2.05, 4.69) is 32.2 Å². The van der Waals surface area contributed by atoms with E-state index in [0.29, 0.717) is 34.7 Å². The van der Waals surface area contributed by atoms with Crippen molar-refractivity contribution in [1.29, 1.82) is 0 Å². The highest BCUT2D eigenvalue weighted by atomic mass is 79.9. The molecular formula is C23H29BrN2O4. The van der Waals surface area contributed by atoms with Crippen molar-refractivity contribution in [2.75, 3.05) is 40.5 Å². The minimum Gasteiger partial charge on any atom is -0.497 e. The number of halogens is 1. The van der Waals surface area contributed by atoms with E-state index in [-0.39, 0.29) is 11.9 Å². The van der Waals surface area contributed by atoms with Gasteiger partial charge in [-0.15, -0.1) is 0 Å². The van der Waals surface area contributed by atoms with Gasteiger partial charge in [-0.25, -0.2) is 0 Å². The average Bonchev–Trinajstić information content (AvgIpc) is 3.29. The molecule has 1 aliphatic rings. The molecule has 2 aromatic carbocycles. The van der Waals surface area contributed by atoms with Gasteiger partial charge in [0.05, 0.1) is 31.3 Å². The number of nitrogens with one attached hydrogen (secondary N) is 1. The highest BCUT2D eigenvalue weighted by molar-refractivity contribution is 9.10. The molecule has 0 saturated carbocycles. The highest BCUT2D eigenvalue weighted by Gasteiger charge is 2.25. The Morgan fingerprint density at radius 2 is 1.93 bits per heavy atom. The Morgan fingerprint density at radius 3 is 2.60 bits per heavy atom. The molecule has 0 aromatic heterocycles. The van der Waals surface area contributed by atoms with Gasteiger partial charge < -0.3 is 19.5 Å². The first-order chi connectivity index (χ1) is 14.6. The number of nitrogens with zero attached hydrogens (tertiary/aromatic N) is 1. The second-order valence-corrected chi connectivity index (χ2v) is 8.02. The fourth-order valence-electron chi connectivity index (χ4n) is 3.79. The molecular weight excluding hydrogens is 448 g/mol. The van der Waals surface area contributed by atoms with Gasteiger partial charge in [-0.3, -0.25) is 9.69 Å². The van der Waals surface area contributed by atoms with Crippen molar-refractivity contribution in [3.05, 3.63) is 52.0 Å². The summed E-state index contributed by atoms with van der Waals surface area (Å²) in [7, 11) is 3.24. The van der Waals surface area contributed by atoms with E-state index < -0.39 is 0 Å². The maximum absolute atomic E-state index is 12.9. The summed E-state index contributed by atoms with van der Waals surface area (Å²) in [5, 5.41) is 3.10. The van der Waals surface area contributed by atoms with Gasteiger partial charge in [-0.05, 0) is 78.6 Å². The molecule has 1 amide bonds. The number of carbonyl (C=O) groups excluding carboxylic acids is 1. The molecule has 1 atom stereocenters. The third-order valence-electron chi connectivity index (χ3n) is 5.30. The summed E-state index contributed by atoms with van der Waals surface area (Å²) in [6.45, 7) is 4.99. The Hall–Kier alpha value is -2.25. The van der Waals surface area contributed by atoms with E-state index in [4.69, 9.17) is 14.2 Å². The lowest BCUT2D eigenvalue weighted by molar-refractivity contribution is 0.0937. The lowest BCUT2D eigenvalue weighted by atomic mass is 10.0. The SMILES string of the molecule is CCOc1c(Br)cc(C(=O)NCC(c2cccc(OC)c2)N2CCCC2)cc1OC. The van der Waals surface area contributed by atoms with Crippen LogP contribution in [-0.4, -0.2) is 51.3 Å². The highest BCUT2D eigenvalue weighted by Crippen LogP contribution is 2.36. The quantitative estimate of drug-likeness (QED) is 0.579. The molecule has 1 aliphatic heterocycles. The molecule has 0 spiro atoms. The zero-order valence-corrected chi connectivity index (χ0v) is 19.3. The van der Waals surface area contributed by atoms with Crippen molar-refractivity contribution in [3.8, 4) is 17.2 Å². The van der Waals surface area contributed by atoms with Gasteiger partial charge in [0.15, 0.2) is 11.5 Å². The fraction of sp³-hybridized carbons (Fsp3) is 0.435. The van der Waals surface area contributed by atoms with Crippen LogP contribution in [0.25, 0.3) is 0 Å². The van der Waals surface area contributed by atoms with E-state index in [1.807, 2.05) is 25.1 Å². The third kappa shape index (κ3) is 5.26. The van der Waals surface area contributed by atoms with Crippen molar-refractivity contribution < 1.29 is 19.0 Å². The van der Waals surface area contributed by atoms with Crippen LogP contribution in [0.2, 0.25) is 0 Å². The Bertz CT molecular complexity index is 868. The van der Waals surface area contributed by atoms with Gasteiger partial charge in [0, 0.05) is 12.1 Å². The lowest BCUT2D eigenvalue weighted by Gasteiger charge is -2.28. The van der Waals surface area contributed by atoms with E-state index >= 15 is 0 Å². The van der Waals surface area contributed by atoms with Crippen LogP contribution in [0.1, 0.15) is 41.7 Å². The first-order valence-corrected chi connectivity index (χ1v) is 11.0. The summed E-state index contributed by atoms with van der Waals surface area (Å²) in [5.41, 5.74) is 1.66. The second-order valence-electron chi connectivity index (χ2n) is 7.17. The Balaban J connectivity index is 1.78. The average molecular weight is 477 g/mol. The molecule has 3 rings (SSSR count). The molecule has 1 unspecified atom stereocenters. The molecule has 0 aliphatic carbocycles. The summed E-state index contributed by atoms with van der Waals surface area (Å²) >= 11 is 3.49. The van der Waals surface area contributed by atoms with Gasteiger partial charge in [0.2, 0.25) is 0 Å². The molecule has 2 aromatic rings. The van der Waals surface area contributed by atoms with Gasteiger partial charge >= 0.3 is 0 Å². The summed E-state index contributed by atoms with van der Waals surface area (Å²) in [6.07, 6.45) is 2.36. The Kier molecular flexibility index (Phi) is 7.99. The summed E-state index contributed by atoms with van der Waals surface area (Å²) in [5.74, 6) is 1.80. The molecule has 0 radical (unpaired) electrons. The molecule has 162 valence electrons. The maximum Gasteiger partial charge on any atom is 0.251 e. The predicted molar refractivity (Wildman–Crippen MR) is 121 cm³/mol. The van der Waals surface area contributed by atoms with Crippen LogP contribution >= 0.6 is 15.9 Å². The van der Waals surface area contributed by atoms with Crippen LogP contribution in [0.4, 0.5) is 0 Å². The topological polar surface area (TPSA) is 60.0 Å². The van der Waals surface area contributed by atoms with Crippen LogP contribution in [0.15, 0.2) is 40.9 Å². The molecule has 1 fully saturated rings. The van der Waals surface area contributed by atoms with E-state index in [1.165, 1.54) is 12.8 Å². The molecule has 30 heavy (non-hydrogen) atoms. The minimum absolute atomic E-state index is 0.0968. The number of rotatable bonds is 9. The van der Waals surface area contributed by atoms with E-state index in [9.17, 15) is 4.79 Å². The molecule has 0 bridgehead atoms. The Labute approximate surface area is 186 Å². The van der Waals surface area contributed by atoms with Gasteiger partial charge in [-0.1, -0.05) is 12.1 Å². The van der Waals surface area contributed by atoms with E-state index in [0.717, 1.165) is 24.4 Å². The normalized spacial score (nSPS) is 14.9. The van der Waals surface area contributed by atoms with Crippen LogP contribution in [-0.2, 0) is 0 Å². The van der Waals surface area contributed by atoms with Crippen LogP contribution in [0.3, 0.4) is 0 Å². The number of amides is 1. The number of hydrogen-bond donors (Lipinski definition) is 1. The van der Waals surface area contributed by atoms with Crippen molar-refractivity contribution in [1.82, 2.24) is 10.2 Å². The summed E-state index contributed by atoms with van der Waals surface area (Å²) in [6, 6.07) is 11.6. The maximum atomic E-state index is 12.9. The van der Waals surface area contributed by atoms with Crippen molar-refractivity contribution in [2.45, 2.75) is 25.8 Å². The molecule has 1 saturated heterocycles. The molecule has 6 nitrogen and oxygen atoms in total. The lowest BCUT2D eigenvalue weighted by Crippen LogP contribution is -2.36. The second kappa shape index (κ2) is 10.7. The minimum atomic E-state index is -0.149. The van der Waals surface area contributed by atoms with Crippen LogP contribution in [0.5, 0.6) is 17.2 Å². The van der Waals surface area contributed by atoms with Gasteiger partial charge in [0.25, 0.3) is 5.91 Å². The smallest absolute Gasteiger partial charge is 0.251 e. The first kappa shape index (κ1) is 22.4. The number of likely N-dealkylation sites (tertiary alicyclic amines) is 1. The van der Waals surface area contributed by atoms with Crippen LogP contribution in [0, 0.1) is 0 Å². The molecule has 1 N–H and O–H groups in total. The summed E-state index contributed by atoms with van der Waals surface area (Å²) in [4.78, 5) is 15.4. The molecule has 1 heterocycles. The third-order valence-corrected chi connectivity index (χ3v) is 5.89. The Morgan fingerprint density at radius 1 is 1.17 bits per heavy atom. The van der Waals surface area contributed by atoms with Crippen molar-refractivity contribution >= 4 is 21.8 Å². The number of ether oxygens (including phenoxy) is 3. The number of carbonyl (C=O) groups is 1. The largest absolute Gasteiger partial charge is 0.497 e. The summed E-state index contributed by atoms with van der Waals surface area (Å²) < 4.78 is 17.1. The standard InChI is InChI=1S/C23H29BrN2O4/c1-4-30-22-19(24)13-17(14-21(22)29-3)23(27)25-15-20(26-10-5-6-11-26)16-8-7-9-18(12-16)28-2/h7-9,12-14,20H,4-6,10-11,15H2,1-3H3,(H,25,27). The predicted octanol–water partition coefficient (Wildman–Crippen LogP) is 4.43. The zero-order valence-electron chi connectivity index (χ0n) is 17.7. The van der Waals surface area contributed by atoms with E-state index in [1.54, 1.807) is 26.4 Å². The van der Waals surface area contributed by atoms with Crippen molar-refractivity contribution in [2.24, 2.45) is 0 Å². The number of hydrogen-bond acceptors (Lipinski definition) is 5. The fourth-order valence-corrected chi connectivity index (χ4v) is 4.34. The van der Waals surface area contributed by atoms with Gasteiger partial charge in [0.1, 0.15) is 5.75 Å². The van der Waals surface area contributed by atoms with Crippen LogP contribution < -0.4 is 19.5 Å². The number of benzene rings is 2. The van der Waals surface area contributed by atoms with Gasteiger partial charge in [-0.2, -0.15) is 0 Å². The zero-order chi connectivity index (χ0) is 21.5. The first-order valence-electron chi connectivity index (χ1n) is 10.2. The monoisotopic (exact) mass is 476 g/mol.